The van der Waals surface area contributed by atoms with E-state index in [9.17, 15) is 26.3 Å². The number of fused-ring (bicyclic) bond motifs is 3. The van der Waals surface area contributed by atoms with E-state index in [-0.39, 0.29) is 44.4 Å². The normalized spacial score (nSPS) is 16.3. The van der Waals surface area contributed by atoms with Crippen LogP contribution in [0.5, 0.6) is 0 Å². The van der Waals surface area contributed by atoms with Gasteiger partial charge in [-0.15, -0.1) is 21.5 Å². The van der Waals surface area contributed by atoms with Crippen LogP contribution in [0.4, 0.5) is 38.1 Å². The number of rotatable bonds is 4. The van der Waals surface area contributed by atoms with Crippen LogP contribution in [0.15, 0.2) is 12.3 Å². The van der Waals surface area contributed by atoms with Gasteiger partial charge in [-0.25, -0.2) is 9.97 Å². The van der Waals surface area contributed by atoms with Crippen LogP contribution in [-0.4, -0.2) is 47.4 Å². The van der Waals surface area contributed by atoms with Gasteiger partial charge in [-0.1, -0.05) is 13.3 Å². The smallest absolute Gasteiger partial charge is 0.347 e. The number of aromatic nitrogens is 7. The van der Waals surface area contributed by atoms with Crippen LogP contribution in [0.25, 0.3) is 10.2 Å². The van der Waals surface area contributed by atoms with Crippen LogP contribution in [0, 0.1) is 0 Å². The van der Waals surface area contributed by atoms with Gasteiger partial charge in [0, 0.05) is 37.3 Å². The third-order valence-corrected chi connectivity index (χ3v) is 7.68. The standard InChI is InChI=1S/C22H21F6N9S/c1-2-3-12-8-13-17(35-6-7-37-16(11-35)32-33-19(37)22(26,27)28)30-20(31-18(13)38-12)36-5-4-34-9-14(21(23,24)25)29-15(34)10-36/h8-9H,2-7,10-11H2,1H3. The second-order valence-electron chi connectivity index (χ2n) is 9.19. The van der Waals surface area contributed by atoms with Gasteiger partial charge in [-0.2, -0.15) is 31.3 Å². The summed E-state index contributed by atoms with van der Waals surface area (Å²) >= 11 is 1.51. The van der Waals surface area contributed by atoms with Crippen LogP contribution in [0.2, 0.25) is 0 Å². The number of hydrogen-bond acceptors (Lipinski definition) is 8. The molecule has 0 saturated carbocycles. The molecule has 0 spiro atoms. The molecule has 202 valence electrons. The van der Waals surface area contributed by atoms with Crippen molar-refractivity contribution in [3.8, 4) is 0 Å². The molecular weight excluding hydrogens is 536 g/mol. The van der Waals surface area contributed by atoms with Gasteiger partial charge in [0.05, 0.1) is 18.5 Å². The molecule has 0 aromatic carbocycles. The summed E-state index contributed by atoms with van der Waals surface area (Å²) in [5.74, 6) is 0.307. The van der Waals surface area contributed by atoms with E-state index in [4.69, 9.17) is 9.97 Å². The van der Waals surface area contributed by atoms with Crippen molar-refractivity contribution in [2.75, 3.05) is 22.9 Å². The van der Waals surface area contributed by atoms with Gasteiger partial charge in [0.25, 0.3) is 0 Å². The highest BCUT2D eigenvalue weighted by atomic mass is 32.1. The molecular formula is C22H21F6N9S. The van der Waals surface area contributed by atoms with E-state index >= 15 is 0 Å². The molecule has 2 aliphatic heterocycles. The Labute approximate surface area is 215 Å². The maximum atomic E-state index is 13.3. The highest BCUT2D eigenvalue weighted by Crippen LogP contribution is 2.37. The molecule has 4 aromatic heterocycles. The fourth-order valence-electron chi connectivity index (χ4n) is 4.81. The predicted molar refractivity (Wildman–Crippen MR) is 126 cm³/mol. The molecule has 0 fully saturated rings. The van der Waals surface area contributed by atoms with E-state index in [1.54, 1.807) is 4.90 Å². The van der Waals surface area contributed by atoms with Gasteiger partial charge in [-0.05, 0) is 12.5 Å². The summed E-state index contributed by atoms with van der Waals surface area (Å²) in [6, 6.07) is 2.00. The maximum absolute atomic E-state index is 13.3. The van der Waals surface area contributed by atoms with Crippen LogP contribution in [-0.2, 0) is 45.0 Å². The Balaban J connectivity index is 1.36. The average molecular weight is 558 g/mol. The van der Waals surface area contributed by atoms with E-state index in [1.807, 2.05) is 11.0 Å². The highest BCUT2D eigenvalue weighted by Gasteiger charge is 2.40. The molecule has 0 atom stereocenters. The maximum Gasteiger partial charge on any atom is 0.451 e. The molecule has 0 unspecified atom stereocenters. The van der Waals surface area contributed by atoms with Gasteiger partial charge in [-0.3, -0.25) is 0 Å². The third kappa shape index (κ3) is 4.33. The summed E-state index contributed by atoms with van der Waals surface area (Å²) in [4.78, 5) is 18.7. The van der Waals surface area contributed by atoms with Crippen LogP contribution in [0.1, 0.15) is 41.4 Å². The Morgan fingerprint density at radius 2 is 1.63 bits per heavy atom. The zero-order valence-electron chi connectivity index (χ0n) is 20.0. The Hall–Kier alpha value is -3.43. The number of anilines is 2. The summed E-state index contributed by atoms with van der Waals surface area (Å²) in [5, 5.41) is 7.90. The van der Waals surface area contributed by atoms with Crippen molar-refractivity contribution >= 4 is 33.3 Å². The lowest BCUT2D eigenvalue weighted by Gasteiger charge is -2.31. The summed E-state index contributed by atoms with van der Waals surface area (Å²) in [5.41, 5.74) is -0.940. The van der Waals surface area contributed by atoms with Crippen molar-refractivity contribution in [1.29, 1.82) is 0 Å². The fraction of sp³-hybridized carbons (Fsp3) is 0.500. The largest absolute Gasteiger partial charge is 0.451 e. The number of imidazole rings is 1. The van der Waals surface area contributed by atoms with E-state index in [1.165, 1.54) is 15.9 Å². The SMILES string of the molecule is CCCc1cc2c(N3CCn4c(nnc4C(F)(F)F)C3)nc(N3CCn4cc(C(F)(F)F)nc4C3)nc2s1. The van der Waals surface area contributed by atoms with Crippen LogP contribution in [0.3, 0.4) is 0 Å². The first-order valence-electron chi connectivity index (χ1n) is 11.9. The molecule has 0 radical (unpaired) electrons. The molecule has 0 amide bonds. The van der Waals surface area contributed by atoms with Crippen molar-refractivity contribution < 1.29 is 26.3 Å². The minimum atomic E-state index is -4.60. The van der Waals surface area contributed by atoms with Gasteiger partial charge in [0.1, 0.15) is 16.5 Å². The molecule has 0 N–H and O–H groups in total. The topological polar surface area (TPSA) is 80.8 Å². The van der Waals surface area contributed by atoms with Crippen molar-refractivity contribution in [3.05, 3.63) is 40.3 Å². The Bertz CT molecular complexity index is 1500. The molecule has 0 saturated heterocycles. The lowest BCUT2D eigenvalue weighted by Crippen LogP contribution is -2.37. The van der Waals surface area contributed by atoms with E-state index in [0.29, 0.717) is 23.1 Å². The molecule has 0 aliphatic carbocycles. The molecule has 0 bridgehead atoms. The third-order valence-electron chi connectivity index (χ3n) is 6.59. The quantitative estimate of drug-likeness (QED) is 0.342. The molecule has 2 aliphatic rings. The van der Waals surface area contributed by atoms with E-state index < -0.39 is 23.9 Å². The van der Waals surface area contributed by atoms with Crippen molar-refractivity contribution in [2.45, 2.75) is 58.3 Å². The average Bonchev–Trinajstić information content (AvgIpc) is 3.57. The van der Waals surface area contributed by atoms with Crippen molar-refractivity contribution in [3.63, 3.8) is 0 Å². The van der Waals surface area contributed by atoms with E-state index in [2.05, 4.69) is 22.1 Å². The minimum Gasteiger partial charge on any atom is -0.347 e. The number of alkyl halides is 6. The summed E-state index contributed by atoms with van der Waals surface area (Å²) < 4.78 is 82.0. The number of aryl methyl sites for hydroxylation is 1. The molecule has 38 heavy (non-hydrogen) atoms. The van der Waals surface area contributed by atoms with Crippen molar-refractivity contribution in [1.82, 2.24) is 34.3 Å². The number of hydrogen-bond donors (Lipinski definition) is 0. The Kier molecular flexibility index (Phi) is 5.77. The first-order chi connectivity index (χ1) is 18.0. The van der Waals surface area contributed by atoms with Crippen LogP contribution < -0.4 is 9.80 Å². The Morgan fingerprint density at radius 3 is 2.37 bits per heavy atom. The second kappa shape index (κ2) is 8.81. The fourth-order valence-corrected chi connectivity index (χ4v) is 5.92. The first-order valence-corrected chi connectivity index (χ1v) is 12.8. The van der Waals surface area contributed by atoms with Gasteiger partial charge in [0.2, 0.25) is 11.8 Å². The number of halogens is 6. The lowest BCUT2D eigenvalue weighted by atomic mass is 10.2. The monoisotopic (exact) mass is 557 g/mol. The summed E-state index contributed by atoms with van der Waals surface area (Å²) in [6.07, 6.45) is -6.37. The molecule has 16 heteroatoms. The van der Waals surface area contributed by atoms with Gasteiger partial charge >= 0.3 is 12.4 Å². The molecule has 6 heterocycles. The molecule has 4 aromatic rings. The predicted octanol–water partition coefficient (Wildman–Crippen LogP) is 4.51. The zero-order chi connectivity index (χ0) is 26.8. The first kappa shape index (κ1) is 24.9. The summed E-state index contributed by atoms with van der Waals surface area (Å²) in [6.45, 7) is 3.17. The Morgan fingerprint density at radius 1 is 0.868 bits per heavy atom. The summed E-state index contributed by atoms with van der Waals surface area (Å²) in [7, 11) is 0. The molecule has 6 rings (SSSR count). The second-order valence-corrected chi connectivity index (χ2v) is 10.3. The highest BCUT2D eigenvalue weighted by molar-refractivity contribution is 7.18. The van der Waals surface area contributed by atoms with Gasteiger partial charge in [0.15, 0.2) is 11.5 Å². The van der Waals surface area contributed by atoms with Gasteiger partial charge < -0.3 is 18.9 Å². The number of nitrogens with zero attached hydrogens (tertiary/aromatic N) is 9. The van der Waals surface area contributed by atoms with Crippen LogP contribution >= 0.6 is 11.3 Å². The minimum absolute atomic E-state index is 0.0331. The molecule has 9 nitrogen and oxygen atoms in total. The van der Waals surface area contributed by atoms with E-state index in [0.717, 1.165) is 33.9 Å². The zero-order valence-corrected chi connectivity index (χ0v) is 20.8. The lowest BCUT2D eigenvalue weighted by molar-refractivity contribution is -0.147. The van der Waals surface area contributed by atoms with Crippen molar-refractivity contribution in [2.24, 2.45) is 0 Å². The number of thiophene rings is 1.